The van der Waals surface area contributed by atoms with Crippen molar-refractivity contribution in [2.45, 2.75) is 116 Å². The van der Waals surface area contributed by atoms with Gasteiger partial charge in [-0.25, -0.2) is 0 Å². The van der Waals surface area contributed by atoms with Crippen LogP contribution in [-0.2, 0) is 9.53 Å². The average molecular weight is 363 g/mol. The van der Waals surface area contributed by atoms with E-state index in [0.29, 0.717) is 0 Å². The summed E-state index contributed by atoms with van der Waals surface area (Å²) in [7, 11) is 0. The zero-order valence-corrected chi connectivity index (χ0v) is 17.4. The first-order chi connectivity index (χ1) is 12.7. The third-order valence-corrected chi connectivity index (χ3v) is 8.01. The molecular weight excluding hydrogens is 320 g/mol. The highest BCUT2D eigenvalue weighted by Gasteiger charge is 2.32. The van der Waals surface area contributed by atoms with Gasteiger partial charge in [-0.2, -0.15) is 0 Å². The number of carbonyl (C=O) groups is 1. The summed E-state index contributed by atoms with van der Waals surface area (Å²) in [6.45, 7) is 4.52. The first-order valence-corrected chi connectivity index (χ1v) is 11.9. The Morgan fingerprint density at radius 1 is 0.731 bits per heavy atom. The van der Waals surface area contributed by atoms with E-state index in [1.54, 1.807) is 0 Å². The molecule has 3 fully saturated rings. The Kier molecular flexibility index (Phi) is 7.88. The molecule has 3 aliphatic rings. The molecule has 2 unspecified atom stereocenters. The molecule has 0 bridgehead atoms. The van der Waals surface area contributed by atoms with Crippen LogP contribution in [0.25, 0.3) is 0 Å². The minimum Gasteiger partial charge on any atom is -0.462 e. The molecule has 3 rings (SSSR count). The van der Waals surface area contributed by atoms with E-state index in [4.69, 9.17) is 4.74 Å². The number of rotatable bonds is 7. The third-order valence-electron chi connectivity index (χ3n) is 8.01. The van der Waals surface area contributed by atoms with Crippen LogP contribution in [0.15, 0.2) is 0 Å². The molecule has 0 aromatic heterocycles. The van der Waals surface area contributed by atoms with Gasteiger partial charge in [0.15, 0.2) is 0 Å². The van der Waals surface area contributed by atoms with Crippen molar-refractivity contribution in [2.75, 3.05) is 0 Å². The van der Waals surface area contributed by atoms with Crippen LogP contribution in [0.2, 0.25) is 0 Å². The van der Waals surface area contributed by atoms with Crippen molar-refractivity contribution in [1.82, 2.24) is 0 Å². The maximum Gasteiger partial charge on any atom is 0.309 e. The van der Waals surface area contributed by atoms with Crippen LogP contribution >= 0.6 is 0 Å². The summed E-state index contributed by atoms with van der Waals surface area (Å²) < 4.78 is 5.74. The molecule has 2 atom stereocenters. The number of hydrogen-bond acceptors (Lipinski definition) is 2. The lowest BCUT2D eigenvalue weighted by Gasteiger charge is -2.38. The van der Waals surface area contributed by atoms with Crippen LogP contribution < -0.4 is 0 Å². The number of hydrogen-bond donors (Lipinski definition) is 0. The van der Waals surface area contributed by atoms with Gasteiger partial charge in [-0.1, -0.05) is 52.4 Å². The van der Waals surface area contributed by atoms with Crippen LogP contribution in [0.3, 0.4) is 0 Å². The topological polar surface area (TPSA) is 26.3 Å². The highest BCUT2D eigenvalue weighted by molar-refractivity contribution is 5.73. The molecular formula is C24H42O2. The van der Waals surface area contributed by atoms with E-state index in [2.05, 4.69) is 13.8 Å². The number of carbonyl (C=O) groups excluding carboxylic acids is 1. The fourth-order valence-corrected chi connectivity index (χ4v) is 6.08. The molecule has 2 saturated carbocycles. The molecule has 0 N–H and O–H groups in total. The zero-order chi connectivity index (χ0) is 18.4. The Hall–Kier alpha value is -0.530. The predicted octanol–water partition coefficient (Wildman–Crippen LogP) is 6.91. The van der Waals surface area contributed by atoms with Crippen molar-refractivity contribution in [3.8, 4) is 0 Å². The fourth-order valence-electron chi connectivity index (χ4n) is 6.08. The van der Waals surface area contributed by atoms with E-state index >= 15 is 0 Å². The SMILES string of the molecule is CCCC1CCC(CCC2CCC(C3CCC(CC)CC3)CC2)OC1=O. The number of esters is 1. The predicted molar refractivity (Wildman–Crippen MR) is 108 cm³/mol. The number of cyclic esters (lactones) is 1. The van der Waals surface area contributed by atoms with Crippen LogP contribution in [0.4, 0.5) is 0 Å². The van der Waals surface area contributed by atoms with Gasteiger partial charge in [0.2, 0.25) is 0 Å². The van der Waals surface area contributed by atoms with Gasteiger partial charge in [0.25, 0.3) is 0 Å². The average Bonchev–Trinajstić information content (AvgIpc) is 2.69. The molecule has 0 spiro atoms. The Morgan fingerprint density at radius 3 is 1.88 bits per heavy atom. The minimum atomic E-state index is 0.0921. The molecule has 1 aliphatic heterocycles. The van der Waals surface area contributed by atoms with Gasteiger partial charge in [-0.3, -0.25) is 4.79 Å². The first-order valence-electron chi connectivity index (χ1n) is 11.9. The second kappa shape index (κ2) is 10.1. The summed E-state index contributed by atoms with van der Waals surface area (Å²) in [6.07, 6.45) is 20.1. The van der Waals surface area contributed by atoms with E-state index in [9.17, 15) is 4.79 Å². The molecule has 2 heteroatoms. The summed E-state index contributed by atoms with van der Waals surface area (Å²) >= 11 is 0. The first kappa shape index (κ1) is 20.2. The lowest BCUT2D eigenvalue weighted by Crippen LogP contribution is -2.31. The van der Waals surface area contributed by atoms with Crippen LogP contribution in [-0.4, -0.2) is 12.1 Å². The van der Waals surface area contributed by atoms with E-state index in [-0.39, 0.29) is 18.0 Å². The largest absolute Gasteiger partial charge is 0.462 e. The van der Waals surface area contributed by atoms with Crippen LogP contribution in [0.1, 0.15) is 110 Å². The lowest BCUT2D eigenvalue weighted by atomic mass is 9.68. The summed E-state index contributed by atoms with van der Waals surface area (Å²) in [5.41, 5.74) is 0. The summed E-state index contributed by atoms with van der Waals surface area (Å²) in [6, 6.07) is 0. The van der Waals surface area contributed by atoms with Crippen molar-refractivity contribution < 1.29 is 9.53 Å². The minimum absolute atomic E-state index is 0.0921. The molecule has 0 aromatic carbocycles. The molecule has 2 aliphatic carbocycles. The highest BCUT2D eigenvalue weighted by Crippen LogP contribution is 2.43. The van der Waals surface area contributed by atoms with Crippen LogP contribution in [0, 0.1) is 29.6 Å². The molecule has 0 aromatic rings. The second-order valence-corrected chi connectivity index (χ2v) is 9.67. The maximum absolute atomic E-state index is 12.1. The van der Waals surface area contributed by atoms with Crippen molar-refractivity contribution in [3.05, 3.63) is 0 Å². The van der Waals surface area contributed by atoms with Gasteiger partial charge < -0.3 is 4.74 Å². The Labute approximate surface area is 161 Å². The van der Waals surface area contributed by atoms with E-state index < -0.39 is 0 Å². The van der Waals surface area contributed by atoms with Crippen molar-refractivity contribution in [2.24, 2.45) is 29.6 Å². The summed E-state index contributed by atoms with van der Waals surface area (Å²) in [4.78, 5) is 12.1. The Balaban J connectivity index is 1.32. The van der Waals surface area contributed by atoms with Crippen molar-refractivity contribution in [3.63, 3.8) is 0 Å². The molecule has 0 amide bonds. The molecule has 2 nitrogen and oxygen atoms in total. The second-order valence-electron chi connectivity index (χ2n) is 9.67. The highest BCUT2D eigenvalue weighted by atomic mass is 16.5. The van der Waals surface area contributed by atoms with E-state index in [0.717, 1.165) is 55.8 Å². The summed E-state index contributed by atoms with van der Waals surface area (Å²) in [5.74, 6) is 4.26. The van der Waals surface area contributed by atoms with E-state index in [1.807, 2.05) is 0 Å². The molecule has 1 saturated heterocycles. The quantitative estimate of drug-likeness (QED) is 0.460. The van der Waals surface area contributed by atoms with Gasteiger partial charge in [0, 0.05) is 0 Å². The fraction of sp³-hybridized carbons (Fsp3) is 0.958. The molecule has 26 heavy (non-hydrogen) atoms. The smallest absolute Gasteiger partial charge is 0.309 e. The lowest BCUT2D eigenvalue weighted by molar-refractivity contribution is -0.161. The molecule has 1 heterocycles. The normalized spacial score (nSPS) is 38.8. The Bertz CT molecular complexity index is 416. The standard InChI is InChI=1S/C24H42O2/c1-3-5-22-15-17-23(26-24(22)25)16-10-19-8-13-21(14-9-19)20-11-6-18(4-2)7-12-20/h18-23H,3-17H2,1-2H3. The molecule has 0 radical (unpaired) electrons. The maximum atomic E-state index is 12.1. The summed E-state index contributed by atoms with van der Waals surface area (Å²) in [5, 5.41) is 0. The van der Waals surface area contributed by atoms with Gasteiger partial charge in [-0.05, 0) is 81.5 Å². The van der Waals surface area contributed by atoms with Gasteiger partial charge in [0.1, 0.15) is 6.10 Å². The van der Waals surface area contributed by atoms with Crippen LogP contribution in [0.5, 0.6) is 0 Å². The Morgan fingerprint density at radius 2 is 1.35 bits per heavy atom. The molecule has 150 valence electrons. The van der Waals surface area contributed by atoms with Gasteiger partial charge in [0.05, 0.1) is 5.92 Å². The van der Waals surface area contributed by atoms with Crippen molar-refractivity contribution in [1.29, 1.82) is 0 Å². The van der Waals surface area contributed by atoms with Gasteiger partial charge in [-0.15, -0.1) is 0 Å². The third kappa shape index (κ3) is 5.49. The van der Waals surface area contributed by atoms with Gasteiger partial charge >= 0.3 is 5.97 Å². The number of ether oxygens (including phenoxy) is 1. The van der Waals surface area contributed by atoms with Crippen molar-refractivity contribution >= 4 is 5.97 Å². The van der Waals surface area contributed by atoms with E-state index in [1.165, 1.54) is 64.2 Å². The monoisotopic (exact) mass is 362 g/mol. The zero-order valence-electron chi connectivity index (χ0n) is 17.4.